The molecule has 72 valence electrons. The Morgan fingerprint density at radius 3 is 3.00 bits per heavy atom. The molecule has 1 aromatic carbocycles. The van der Waals surface area contributed by atoms with Gasteiger partial charge in [0.25, 0.3) is 0 Å². The second-order valence-electron chi connectivity index (χ2n) is 2.85. The average Bonchev–Trinajstić information content (AvgIpc) is 2.65. The van der Waals surface area contributed by atoms with Crippen LogP contribution in [-0.4, -0.2) is 6.29 Å². The molecule has 4 heteroatoms. The van der Waals surface area contributed by atoms with Crippen LogP contribution in [0.4, 0.5) is 0 Å². The highest BCUT2D eigenvalue weighted by Crippen LogP contribution is 2.33. The van der Waals surface area contributed by atoms with Crippen molar-refractivity contribution in [2.45, 2.75) is 5.88 Å². The Labute approximate surface area is 98.8 Å². The van der Waals surface area contributed by atoms with E-state index in [1.165, 1.54) is 0 Å². The van der Waals surface area contributed by atoms with E-state index < -0.39 is 0 Å². The zero-order valence-corrected chi connectivity index (χ0v) is 10.2. The Bertz CT molecular complexity index is 492. The number of hydrogen-bond donors (Lipinski definition) is 0. The average molecular weight is 290 g/mol. The highest BCUT2D eigenvalue weighted by Gasteiger charge is 2.10. The number of fused-ring (bicyclic) bond motifs is 1. The summed E-state index contributed by atoms with van der Waals surface area (Å²) in [5.74, 6) is 0.463. The van der Waals surface area contributed by atoms with E-state index in [4.69, 9.17) is 11.6 Å². The van der Waals surface area contributed by atoms with Gasteiger partial charge in [-0.15, -0.1) is 22.9 Å². The van der Waals surface area contributed by atoms with Gasteiger partial charge in [0.1, 0.15) is 0 Å². The Kier molecular flexibility index (Phi) is 2.91. The van der Waals surface area contributed by atoms with Gasteiger partial charge < -0.3 is 0 Å². The van der Waals surface area contributed by atoms with Crippen molar-refractivity contribution in [3.05, 3.63) is 33.1 Å². The summed E-state index contributed by atoms with van der Waals surface area (Å²) < 4.78 is 1.82. The molecule has 0 atom stereocenters. The fraction of sp³-hybridized carbons (Fsp3) is 0.100. The minimum Gasteiger partial charge on any atom is -0.298 e. The molecule has 0 unspecified atom stereocenters. The van der Waals surface area contributed by atoms with Gasteiger partial charge in [0, 0.05) is 20.6 Å². The smallest absolute Gasteiger partial charge is 0.152 e. The van der Waals surface area contributed by atoms with Crippen molar-refractivity contribution in [3.8, 4) is 0 Å². The molecule has 14 heavy (non-hydrogen) atoms. The molecule has 2 aromatic rings. The van der Waals surface area contributed by atoms with E-state index in [9.17, 15) is 4.79 Å². The lowest BCUT2D eigenvalue weighted by Crippen LogP contribution is -1.87. The zero-order chi connectivity index (χ0) is 10.1. The normalized spacial score (nSPS) is 10.7. The van der Waals surface area contributed by atoms with Crippen molar-refractivity contribution in [1.82, 2.24) is 0 Å². The SMILES string of the molecule is O=Cc1c(Br)cc(CCl)c2ccsc12. The van der Waals surface area contributed by atoms with Gasteiger partial charge >= 0.3 is 0 Å². The molecule has 0 saturated heterocycles. The molecule has 0 bridgehead atoms. The second kappa shape index (κ2) is 4.01. The molecule has 0 aliphatic carbocycles. The third-order valence-corrected chi connectivity index (χ3v) is 3.97. The molecule has 0 spiro atoms. The number of rotatable bonds is 2. The molecule has 0 radical (unpaired) electrons. The first-order valence-electron chi connectivity index (χ1n) is 3.97. The van der Waals surface area contributed by atoms with E-state index in [1.807, 2.05) is 17.5 Å². The number of carbonyl (C=O) groups is 1. The molecular formula is C10H6BrClOS. The fourth-order valence-corrected chi connectivity index (χ4v) is 3.28. The van der Waals surface area contributed by atoms with Crippen LogP contribution in [-0.2, 0) is 5.88 Å². The van der Waals surface area contributed by atoms with E-state index in [0.717, 1.165) is 26.4 Å². The van der Waals surface area contributed by atoms with Crippen molar-refractivity contribution in [1.29, 1.82) is 0 Å². The summed E-state index contributed by atoms with van der Waals surface area (Å²) in [4.78, 5) is 10.9. The van der Waals surface area contributed by atoms with E-state index in [0.29, 0.717) is 11.4 Å². The number of carbonyl (C=O) groups excluding carboxylic acids is 1. The third-order valence-electron chi connectivity index (χ3n) is 2.08. The summed E-state index contributed by atoms with van der Waals surface area (Å²) in [6.45, 7) is 0. The first-order chi connectivity index (χ1) is 6.77. The lowest BCUT2D eigenvalue weighted by atomic mass is 10.1. The number of aldehydes is 1. The third kappa shape index (κ3) is 1.49. The van der Waals surface area contributed by atoms with Crippen LogP contribution in [0.3, 0.4) is 0 Å². The summed E-state index contributed by atoms with van der Waals surface area (Å²) in [6.07, 6.45) is 0.876. The predicted octanol–water partition coefficient (Wildman–Crippen LogP) is 4.22. The maximum Gasteiger partial charge on any atom is 0.152 e. The van der Waals surface area contributed by atoms with E-state index >= 15 is 0 Å². The first kappa shape index (κ1) is 10.1. The maximum absolute atomic E-state index is 10.9. The topological polar surface area (TPSA) is 17.1 Å². The minimum absolute atomic E-state index is 0.463. The molecule has 0 aliphatic rings. The zero-order valence-electron chi connectivity index (χ0n) is 7.09. The van der Waals surface area contributed by atoms with Gasteiger partial charge in [-0.1, -0.05) is 0 Å². The summed E-state index contributed by atoms with van der Waals surface area (Å²) in [7, 11) is 0. The van der Waals surface area contributed by atoms with Crippen LogP contribution in [0, 0.1) is 0 Å². The van der Waals surface area contributed by atoms with E-state index in [2.05, 4.69) is 15.9 Å². The Morgan fingerprint density at radius 2 is 2.36 bits per heavy atom. The van der Waals surface area contributed by atoms with Crippen molar-refractivity contribution >= 4 is 55.2 Å². The number of alkyl halides is 1. The predicted molar refractivity (Wildman–Crippen MR) is 64.5 cm³/mol. The van der Waals surface area contributed by atoms with E-state index in [1.54, 1.807) is 11.3 Å². The molecular weight excluding hydrogens is 284 g/mol. The summed E-state index contributed by atoms with van der Waals surface area (Å²) >= 11 is 10.8. The van der Waals surface area contributed by atoms with Gasteiger partial charge in [0.15, 0.2) is 6.29 Å². The standard InChI is InChI=1S/C10H6BrClOS/c11-9-3-6(4-12)7-1-2-14-10(7)8(9)5-13/h1-3,5H,4H2. The molecule has 2 rings (SSSR count). The molecule has 0 saturated carbocycles. The summed E-state index contributed by atoms with van der Waals surface area (Å²) in [5.41, 5.74) is 1.77. The van der Waals surface area contributed by atoms with Gasteiger partial charge in [-0.3, -0.25) is 4.79 Å². The van der Waals surface area contributed by atoms with Crippen LogP contribution < -0.4 is 0 Å². The Hall–Kier alpha value is -0.380. The lowest BCUT2D eigenvalue weighted by molar-refractivity contribution is 0.112. The molecule has 0 amide bonds. The van der Waals surface area contributed by atoms with Gasteiger partial charge in [-0.25, -0.2) is 0 Å². The lowest BCUT2D eigenvalue weighted by Gasteiger charge is -2.03. The highest BCUT2D eigenvalue weighted by molar-refractivity contribution is 9.10. The molecule has 0 N–H and O–H groups in total. The number of benzene rings is 1. The van der Waals surface area contributed by atoms with Crippen LogP contribution in [0.25, 0.3) is 10.1 Å². The van der Waals surface area contributed by atoms with Crippen LogP contribution in [0.5, 0.6) is 0 Å². The second-order valence-corrected chi connectivity index (χ2v) is 4.88. The van der Waals surface area contributed by atoms with Crippen molar-refractivity contribution in [2.24, 2.45) is 0 Å². The quantitative estimate of drug-likeness (QED) is 0.598. The van der Waals surface area contributed by atoms with Gasteiger partial charge in [-0.2, -0.15) is 0 Å². The summed E-state index contributed by atoms with van der Waals surface area (Å²) in [6, 6.07) is 3.91. The maximum atomic E-state index is 10.9. The minimum atomic E-state index is 0.463. The number of thiophene rings is 1. The van der Waals surface area contributed by atoms with Crippen molar-refractivity contribution in [2.75, 3.05) is 0 Å². The highest BCUT2D eigenvalue weighted by atomic mass is 79.9. The van der Waals surface area contributed by atoms with Crippen LogP contribution in [0.2, 0.25) is 0 Å². The van der Waals surface area contributed by atoms with Crippen LogP contribution in [0.1, 0.15) is 15.9 Å². The van der Waals surface area contributed by atoms with Gasteiger partial charge in [-0.05, 0) is 44.4 Å². The largest absolute Gasteiger partial charge is 0.298 e. The van der Waals surface area contributed by atoms with Crippen molar-refractivity contribution < 1.29 is 4.79 Å². The first-order valence-corrected chi connectivity index (χ1v) is 6.18. The Balaban J connectivity index is 2.88. The number of halogens is 2. The molecule has 1 aromatic heterocycles. The van der Waals surface area contributed by atoms with Crippen LogP contribution in [0.15, 0.2) is 22.0 Å². The molecule has 1 heterocycles. The monoisotopic (exact) mass is 288 g/mol. The molecule has 0 fully saturated rings. The van der Waals surface area contributed by atoms with E-state index in [-0.39, 0.29) is 0 Å². The van der Waals surface area contributed by atoms with Crippen molar-refractivity contribution in [3.63, 3.8) is 0 Å². The number of hydrogen-bond acceptors (Lipinski definition) is 2. The summed E-state index contributed by atoms with van der Waals surface area (Å²) in [5, 5.41) is 3.05. The van der Waals surface area contributed by atoms with Crippen LogP contribution >= 0.6 is 38.9 Å². The molecule has 1 nitrogen and oxygen atoms in total. The van der Waals surface area contributed by atoms with Gasteiger partial charge in [0.05, 0.1) is 0 Å². The Morgan fingerprint density at radius 1 is 1.57 bits per heavy atom. The fourth-order valence-electron chi connectivity index (χ4n) is 1.41. The molecule has 0 aliphatic heterocycles. The van der Waals surface area contributed by atoms with Gasteiger partial charge in [0.2, 0.25) is 0 Å².